The fourth-order valence-electron chi connectivity index (χ4n) is 3.16. The van der Waals surface area contributed by atoms with Gasteiger partial charge in [-0.1, -0.05) is 0 Å². The summed E-state index contributed by atoms with van der Waals surface area (Å²) >= 11 is 0. The molecule has 6 heteroatoms. The molecule has 132 valence electrons. The molecule has 3 atom stereocenters. The van der Waals surface area contributed by atoms with Crippen molar-refractivity contribution in [1.29, 1.82) is 0 Å². The van der Waals surface area contributed by atoms with Gasteiger partial charge >= 0.3 is 5.97 Å². The van der Waals surface area contributed by atoms with Crippen molar-refractivity contribution in [1.82, 2.24) is 5.32 Å². The normalized spacial score (nSPS) is 27.1. The number of carbonyl (C=O) groups excluding carboxylic acids is 2. The lowest BCUT2D eigenvalue weighted by Crippen LogP contribution is -2.40. The van der Waals surface area contributed by atoms with Gasteiger partial charge in [-0.15, -0.1) is 0 Å². The summed E-state index contributed by atoms with van der Waals surface area (Å²) in [4.78, 5) is 24.6. The number of hydrogen-bond donors (Lipinski definition) is 2. The van der Waals surface area contributed by atoms with Gasteiger partial charge in [0.2, 0.25) is 0 Å². The number of esters is 1. The van der Waals surface area contributed by atoms with E-state index in [1.807, 2.05) is 20.8 Å². The van der Waals surface area contributed by atoms with E-state index < -0.39 is 23.7 Å². The smallest absolute Gasteiger partial charge is 0.309 e. The van der Waals surface area contributed by atoms with E-state index in [2.05, 4.69) is 5.32 Å². The van der Waals surface area contributed by atoms with Gasteiger partial charge in [0.1, 0.15) is 11.4 Å². The number of nitrogens with one attached hydrogen (secondary N) is 1. The average Bonchev–Trinajstić information content (AvgIpc) is 3.07. The SMILES string of the molecule is CC(C)(C)OC(=O)C1CC(O)C(NC(=O)c2ccoc2C2CC2)C1. The standard InChI is InChI=1S/C18H25NO5/c1-18(2,3)24-17(22)11-8-13(14(20)9-11)19-16(21)12-6-7-23-15(12)10-4-5-10/h6-7,10-11,13-14,20H,4-5,8-9H2,1-3H3,(H,19,21). The molecule has 3 unspecified atom stereocenters. The Labute approximate surface area is 141 Å². The highest BCUT2D eigenvalue weighted by Crippen LogP contribution is 2.42. The van der Waals surface area contributed by atoms with E-state index in [1.54, 1.807) is 6.07 Å². The van der Waals surface area contributed by atoms with Gasteiger partial charge in [0.15, 0.2) is 0 Å². The van der Waals surface area contributed by atoms with Crippen molar-refractivity contribution in [2.75, 3.05) is 0 Å². The van der Waals surface area contributed by atoms with Crippen molar-refractivity contribution in [2.45, 2.75) is 70.1 Å². The molecule has 0 aromatic carbocycles. The summed E-state index contributed by atoms with van der Waals surface area (Å²) in [7, 11) is 0. The van der Waals surface area contributed by atoms with Gasteiger partial charge in [0, 0.05) is 5.92 Å². The monoisotopic (exact) mass is 335 g/mol. The van der Waals surface area contributed by atoms with E-state index in [4.69, 9.17) is 9.15 Å². The summed E-state index contributed by atoms with van der Waals surface area (Å²) in [6, 6.07) is 1.22. The maximum Gasteiger partial charge on any atom is 0.309 e. The maximum atomic E-state index is 12.5. The summed E-state index contributed by atoms with van der Waals surface area (Å²) in [5.41, 5.74) is -0.0234. The van der Waals surface area contributed by atoms with E-state index in [1.165, 1.54) is 6.26 Å². The third-order valence-corrected chi connectivity index (χ3v) is 4.47. The predicted octanol–water partition coefficient (Wildman–Crippen LogP) is 2.37. The fourth-order valence-corrected chi connectivity index (χ4v) is 3.16. The zero-order chi connectivity index (χ0) is 17.5. The van der Waals surface area contributed by atoms with Crippen molar-refractivity contribution in [3.63, 3.8) is 0 Å². The molecule has 24 heavy (non-hydrogen) atoms. The summed E-state index contributed by atoms with van der Waals surface area (Å²) in [5, 5.41) is 13.0. The maximum absolute atomic E-state index is 12.5. The predicted molar refractivity (Wildman–Crippen MR) is 86.5 cm³/mol. The Kier molecular flexibility index (Phi) is 4.42. The zero-order valence-corrected chi connectivity index (χ0v) is 14.4. The molecule has 1 aromatic rings. The van der Waals surface area contributed by atoms with Crippen LogP contribution in [0.15, 0.2) is 16.7 Å². The lowest BCUT2D eigenvalue weighted by atomic mass is 10.1. The molecule has 0 saturated heterocycles. The van der Waals surface area contributed by atoms with E-state index in [-0.39, 0.29) is 11.9 Å². The fraction of sp³-hybridized carbons (Fsp3) is 0.667. The molecule has 0 radical (unpaired) electrons. The van der Waals surface area contributed by atoms with Crippen molar-refractivity contribution >= 4 is 11.9 Å². The molecular weight excluding hydrogens is 310 g/mol. The molecule has 2 aliphatic carbocycles. The van der Waals surface area contributed by atoms with Gasteiger partial charge in [-0.05, 0) is 52.5 Å². The molecular formula is C18H25NO5. The Morgan fingerprint density at radius 3 is 2.62 bits per heavy atom. The minimum absolute atomic E-state index is 0.250. The van der Waals surface area contributed by atoms with Crippen LogP contribution in [0.3, 0.4) is 0 Å². The second-order valence-electron chi connectivity index (χ2n) is 7.82. The summed E-state index contributed by atoms with van der Waals surface area (Å²) < 4.78 is 10.8. The molecule has 2 saturated carbocycles. The van der Waals surface area contributed by atoms with E-state index in [9.17, 15) is 14.7 Å². The molecule has 0 aliphatic heterocycles. The first-order valence-corrected chi connectivity index (χ1v) is 8.54. The van der Waals surface area contributed by atoms with Crippen LogP contribution >= 0.6 is 0 Å². The molecule has 2 N–H and O–H groups in total. The third-order valence-electron chi connectivity index (χ3n) is 4.47. The molecule has 3 rings (SSSR count). The topological polar surface area (TPSA) is 88.8 Å². The molecule has 2 fully saturated rings. The molecule has 1 heterocycles. The Morgan fingerprint density at radius 1 is 1.29 bits per heavy atom. The van der Waals surface area contributed by atoms with Crippen LogP contribution in [0, 0.1) is 5.92 Å². The van der Waals surface area contributed by atoms with Gasteiger partial charge in [0.05, 0.1) is 29.9 Å². The van der Waals surface area contributed by atoms with E-state index in [0.717, 1.165) is 18.6 Å². The van der Waals surface area contributed by atoms with Crippen LogP contribution in [-0.2, 0) is 9.53 Å². The van der Waals surface area contributed by atoms with E-state index >= 15 is 0 Å². The quantitative estimate of drug-likeness (QED) is 0.825. The van der Waals surface area contributed by atoms with Gasteiger partial charge in [-0.2, -0.15) is 0 Å². The summed E-state index contributed by atoms with van der Waals surface area (Å²) in [6.45, 7) is 5.44. The molecule has 1 amide bonds. The highest BCUT2D eigenvalue weighted by Gasteiger charge is 2.40. The van der Waals surface area contributed by atoms with Crippen molar-refractivity contribution in [3.8, 4) is 0 Å². The van der Waals surface area contributed by atoms with Gasteiger partial charge in [0.25, 0.3) is 5.91 Å². The number of furan rings is 1. The largest absolute Gasteiger partial charge is 0.468 e. The molecule has 0 spiro atoms. The van der Waals surface area contributed by atoms with Gasteiger partial charge in [-0.25, -0.2) is 0 Å². The van der Waals surface area contributed by atoms with Crippen LogP contribution in [0.1, 0.15) is 68.5 Å². The highest BCUT2D eigenvalue weighted by molar-refractivity contribution is 5.95. The number of hydrogen-bond acceptors (Lipinski definition) is 5. The second-order valence-corrected chi connectivity index (χ2v) is 7.82. The van der Waals surface area contributed by atoms with Crippen LogP contribution in [0.5, 0.6) is 0 Å². The summed E-state index contributed by atoms with van der Waals surface area (Å²) in [6.07, 6.45) is 3.56. The first kappa shape index (κ1) is 17.0. The van der Waals surface area contributed by atoms with Crippen molar-refractivity contribution in [3.05, 3.63) is 23.7 Å². The zero-order valence-electron chi connectivity index (χ0n) is 14.4. The number of amides is 1. The Hall–Kier alpha value is -1.82. The number of aliphatic hydroxyl groups excluding tert-OH is 1. The molecule has 2 aliphatic rings. The van der Waals surface area contributed by atoms with Crippen LogP contribution in [0.4, 0.5) is 0 Å². The lowest BCUT2D eigenvalue weighted by Gasteiger charge is -2.22. The van der Waals surface area contributed by atoms with Crippen LogP contribution < -0.4 is 5.32 Å². The molecule has 0 bridgehead atoms. The minimum atomic E-state index is -0.747. The van der Waals surface area contributed by atoms with Crippen LogP contribution in [0.25, 0.3) is 0 Å². The first-order valence-electron chi connectivity index (χ1n) is 8.54. The molecule has 1 aromatic heterocycles. The minimum Gasteiger partial charge on any atom is -0.468 e. The first-order chi connectivity index (χ1) is 11.2. The number of rotatable bonds is 4. The third kappa shape index (κ3) is 3.80. The second kappa shape index (κ2) is 6.24. The Balaban J connectivity index is 1.60. The summed E-state index contributed by atoms with van der Waals surface area (Å²) in [5.74, 6) is 0.101. The van der Waals surface area contributed by atoms with Crippen molar-refractivity contribution < 1.29 is 23.8 Å². The van der Waals surface area contributed by atoms with Crippen LogP contribution in [-0.4, -0.2) is 34.7 Å². The average molecular weight is 335 g/mol. The van der Waals surface area contributed by atoms with Gasteiger partial charge in [-0.3, -0.25) is 9.59 Å². The number of aliphatic hydroxyl groups is 1. The van der Waals surface area contributed by atoms with E-state index in [0.29, 0.717) is 24.3 Å². The number of ether oxygens (including phenoxy) is 1. The highest BCUT2D eigenvalue weighted by atomic mass is 16.6. The molecule has 6 nitrogen and oxygen atoms in total. The van der Waals surface area contributed by atoms with Crippen LogP contribution in [0.2, 0.25) is 0 Å². The Bertz CT molecular complexity index is 626. The Morgan fingerprint density at radius 2 is 2.00 bits per heavy atom. The lowest BCUT2D eigenvalue weighted by molar-refractivity contribution is -0.160. The van der Waals surface area contributed by atoms with Gasteiger partial charge < -0.3 is 19.6 Å². The number of carbonyl (C=O) groups is 2. The van der Waals surface area contributed by atoms with Crippen molar-refractivity contribution in [2.24, 2.45) is 5.92 Å².